The monoisotopic (exact) mass is 458 g/mol. The molecule has 2 aromatic carbocycles. The van der Waals surface area contributed by atoms with E-state index >= 15 is 0 Å². The Kier molecular flexibility index (Phi) is 7.22. The number of amides is 1. The normalized spacial score (nSPS) is 13.1. The molecule has 6 nitrogen and oxygen atoms in total. The maximum Gasteiger partial charge on any atom is 0.251 e. The van der Waals surface area contributed by atoms with E-state index in [4.69, 9.17) is 27.9 Å². The Hall–Kier alpha value is -1.80. The molecule has 1 unspecified atom stereocenters. The summed E-state index contributed by atoms with van der Waals surface area (Å²) < 4.78 is 33.3. The smallest absolute Gasteiger partial charge is 0.251 e. The third-order valence-corrected chi connectivity index (χ3v) is 6.27. The number of methoxy groups -OCH3 is 1. The van der Waals surface area contributed by atoms with Crippen LogP contribution >= 0.6 is 23.2 Å². The Balaban J connectivity index is 2.34. The van der Waals surface area contributed by atoms with Crippen LogP contribution in [0.3, 0.4) is 0 Å². The molecule has 0 bridgehead atoms. The first-order valence-corrected chi connectivity index (χ1v) is 11.1. The minimum absolute atomic E-state index is 0.111. The predicted molar refractivity (Wildman–Crippen MR) is 115 cm³/mol. The van der Waals surface area contributed by atoms with Crippen LogP contribution in [0, 0.1) is 0 Å². The summed E-state index contributed by atoms with van der Waals surface area (Å²) in [6.07, 6.45) is 0. The first-order valence-electron chi connectivity index (χ1n) is 8.82. The van der Waals surface area contributed by atoms with Crippen LogP contribution in [0.1, 0.15) is 49.7 Å². The summed E-state index contributed by atoms with van der Waals surface area (Å²) in [5.41, 5.74) is 0.180. The van der Waals surface area contributed by atoms with Crippen LogP contribution < -0.4 is 14.8 Å². The van der Waals surface area contributed by atoms with Crippen molar-refractivity contribution in [2.75, 3.05) is 7.11 Å². The summed E-state index contributed by atoms with van der Waals surface area (Å²) >= 11 is 12.1. The Morgan fingerprint density at radius 3 is 2.31 bits per heavy atom. The van der Waals surface area contributed by atoms with Gasteiger partial charge in [0.15, 0.2) is 0 Å². The fourth-order valence-electron chi connectivity index (χ4n) is 2.70. The molecule has 2 aromatic rings. The second-order valence-electron chi connectivity index (χ2n) is 7.58. The highest BCUT2D eigenvalue weighted by Crippen LogP contribution is 2.28. The quantitative estimate of drug-likeness (QED) is 0.663. The number of nitrogens with one attached hydrogen (secondary N) is 2. The molecule has 2 N–H and O–H groups in total. The molecule has 0 aliphatic heterocycles. The van der Waals surface area contributed by atoms with Gasteiger partial charge in [0.25, 0.3) is 5.91 Å². The van der Waals surface area contributed by atoms with Gasteiger partial charge in [-0.1, -0.05) is 29.3 Å². The third kappa shape index (κ3) is 6.09. The molecule has 1 amide bonds. The highest BCUT2D eigenvalue weighted by molar-refractivity contribution is 7.89. The number of carbonyl (C=O) groups is 1. The van der Waals surface area contributed by atoms with Gasteiger partial charge < -0.3 is 10.1 Å². The van der Waals surface area contributed by atoms with Gasteiger partial charge in [0, 0.05) is 21.1 Å². The van der Waals surface area contributed by atoms with Crippen molar-refractivity contribution in [1.29, 1.82) is 0 Å². The van der Waals surface area contributed by atoms with Crippen LogP contribution in [-0.4, -0.2) is 27.0 Å². The van der Waals surface area contributed by atoms with Crippen LogP contribution in [0.5, 0.6) is 5.75 Å². The van der Waals surface area contributed by atoms with Crippen molar-refractivity contribution < 1.29 is 17.9 Å². The highest BCUT2D eigenvalue weighted by atomic mass is 35.5. The zero-order chi connectivity index (χ0) is 22.0. The number of hydrogen-bond acceptors (Lipinski definition) is 4. The van der Waals surface area contributed by atoms with Crippen molar-refractivity contribution in [2.24, 2.45) is 0 Å². The fourth-order valence-corrected chi connectivity index (χ4v) is 4.88. The van der Waals surface area contributed by atoms with Gasteiger partial charge in [-0.05, 0) is 63.6 Å². The highest BCUT2D eigenvalue weighted by Gasteiger charge is 2.26. The number of halogens is 2. The molecule has 0 saturated heterocycles. The molecule has 29 heavy (non-hydrogen) atoms. The Labute approximate surface area is 181 Å². The molecule has 1 atom stereocenters. The largest absolute Gasteiger partial charge is 0.495 e. The van der Waals surface area contributed by atoms with Gasteiger partial charge >= 0.3 is 0 Å². The van der Waals surface area contributed by atoms with Gasteiger partial charge in [-0.2, -0.15) is 0 Å². The second kappa shape index (κ2) is 8.92. The van der Waals surface area contributed by atoms with Crippen LogP contribution in [0.4, 0.5) is 0 Å². The summed E-state index contributed by atoms with van der Waals surface area (Å²) in [6, 6.07) is 8.83. The van der Waals surface area contributed by atoms with Gasteiger partial charge in [0.2, 0.25) is 10.0 Å². The van der Waals surface area contributed by atoms with Crippen molar-refractivity contribution in [3.63, 3.8) is 0 Å². The lowest BCUT2D eigenvalue weighted by Crippen LogP contribution is -2.40. The molecule has 0 aliphatic carbocycles. The summed E-state index contributed by atoms with van der Waals surface area (Å²) in [7, 11) is -2.53. The molecular formula is C20H24Cl2N2O4S. The van der Waals surface area contributed by atoms with E-state index in [-0.39, 0.29) is 16.2 Å². The summed E-state index contributed by atoms with van der Waals surface area (Å²) in [5, 5.41) is 3.74. The van der Waals surface area contributed by atoms with Crippen molar-refractivity contribution in [1.82, 2.24) is 10.0 Å². The van der Waals surface area contributed by atoms with E-state index < -0.39 is 27.5 Å². The van der Waals surface area contributed by atoms with Crippen LogP contribution in [0.15, 0.2) is 41.3 Å². The van der Waals surface area contributed by atoms with Crippen LogP contribution in [0.2, 0.25) is 10.0 Å². The summed E-state index contributed by atoms with van der Waals surface area (Å²) in [4.78, 5) is 12.6. The summed E-state index contributed by atoms with van der Waals surface area (Å²) in [6.45, 7) is 6.96. The maximum atomic E-state index is 12.8. The van der Waals surface area contributed by atoms with Crippen molar-refractivity contribution in [3.8, 4) is 5.75 Å². The van der Waals surface area contributed by atoms with E-state index in [9.17, 15) is 13.2 Å². The first kappa shape index (κ1) is 23.5. The van der Waals surface area contributed by atoms with E-state index in [1.54, 1.807) is 45.9 Å². The molecule has 158 valence electrons. The fraction of sp³-hybridized carbons (Fsp3) is 0.350. The van der Waals surface area contributed by atoms with Crippen molar-refractivity contribution >= 4 is 39.1 Å². The van der Waals surface area contributed by atoms with Gasteiger partial charge in [-0.25, -0.2) is 13.1 Å². The molecule has 0 fully saturated rings. The SMILES string of the molecule is COc1ccc(C(=O)NC(C)c2ccc(Cl)cc2Cl)cc1S(=O)(=O)NC(C)(C)C. The number of ether oxygens (including phenoxy) is 1. The molecule has 0 saturated carbocycles. The van der Waals surface area contributed by atoms with Gasteiger partial charge in [-0.3, -0.25) is 4.79 Å². The van der Waals surface area contributed by atoms with Crippen LogP contribution in [-0.2, 0) is 10.0 Å². The molecule has 0 aromatic heterocycles. The molecule has 9 heteroatoms. The molecule has 0 heterocycles. The zero-order valence-corrected chi connectivity index (χ0v) is 19.2. The van der Waals surface area contributed by atoms with Gasteiger partial charge in [0.05, 0.1) is 13.2 Å². The second-order valence-corrected chi connectivity index (χ2v) is 10.1. The molecule has 0 radical (unpaired) electrons. The number of rotatable bonds is 6. The van der Waals surface area contributed by atoms with Gasteiger partial charge in [0.1, 0.15) is 10.6 Å². The molecular weight excluding hydrogens is 435 g/mol. The average Bonchev–Trinajstić information content (AvgIpc) is 2.58. The lowest BCUT2D eigenvalue weighted by atomic mass is 10.1. The zero-order valence-electron chi connectivity index (χ0n) is 16.8. The summed E-state index contributed by atoms with van der Waals surface area (Å²) in [5.74, 6) is -0.300. The minimum Gasteiger partial charge on any atom is -0.495 e. The first-order chi connectivity index (χ1) is 13.3. The average molecular weight is 459 g/mol. The number of sulfonamides is 1. The third-order valence-electron chi connectivity index (χ3n) is 3.93. The minimum atomic E-state index is -3.90. The number of carbonyl (C=O) groups excluding carboxylic acids is 1. The molecule has 2 rings (SSSR count). The number of benzene rings is 2. The van der Waals surface area contributed by atoms with E-state index in [0.29, 0.717) is 15.6 Å². The Morgan fingerprint density at radius 2 is 1.76 bits per heavy atom. The maximum absolute atomic E-state index is 12.8. The van der Waals surface area contributed by atoms with E-state index in [1.165, 1.54) is 25.3 Å². The lowest BCUT2D eigenvalue weighted by molar-refractivity contribution is 0.0939. The van der Waals surface area contributed by atoms with Gasteiger partial charge in [-0.15, -0.1) is 0 Å². The molecule has 0 aliphatic rings. The predicted octanol–water partition coefficient (Wildman–Crippen LogP) is 4.57. The number of hydrogen-bond donors (Lipinski definition) is 2. The van der Waals surface area contributed by atoms with Crippen LogP contribution in [0.25, 0.3) is 0 Å². The van der Waals surface area contributed by atoms with E-state index in [1.807, 2.05) is 0 Å². The topological polar surface area (TPSA) is 84.5 Å². The Bertz CT molecular complexity index is 1020. The standard InChI is InChI=1S/C20H24Cl2N2O4S/c1-12(15-8-7-14(21)11-16(15)22)23-19(25)13-6-9-17(28-5)18(10-13)29(26,27)24-20(2,3)4/h6-12,24H,1-5H3,(H,23,25). The van der Waals surface area contributed by atoms with E-state index in [0.717, 1.165) is 0 Å². The Morgan fingerprint density at radius 1 is 1.10 bits per heavy atom. The van der Waals surface area contributed by atoms with E-state index in [2.05, 4.69) is 10.0 Å². The van der Waals surface area contributed by atoms with Crippen molar-refractivity contribution in [2.45, 2.75) is 44.2 Å². The molecule has 0 spiro atoms. The lowest BCUT2D eigenvalue weighted by Gasteiger charge is -2.22. The van der Waals surface area contributed by atoms with Crippen molar-refractivity contribution in [3.05, 3.63) is 57.6 Å².